The highest BCUT2D eigenvalue weighted by molar-refractivity contribution is 5.99. The number of aryl methyl sites for hydroxylation is 1. The third-order valence-corrected chi connectivity index (χ3v) is 4.65. The molecule has 25 heavy (non-hydrogen) atoms. The Morgan fingerprint density at radius 1 is 1.24 bits per heavy atom. The molecule has 1 aliphatic rings. The van der Waals surface area contributed by atoms with Gasteiger partial charge in [-0.1, -0.05) is 17.7 Å². The number of aromatic nitrogens is 2. The summed E-state index contributed by atoms with van der Waals surface area (Å²) in [7, 11) is 0. The van der Waals surface area contributed by atoms with E-state index in [4.69, 9.17) is 10.7 Å². The molecule has 0 aliphatic carbocycles. The summed E-state index contributed by atoms with van der Waals surface area (Å²) < 4.78 is 0. The zero-order chi connectivity index (χ0) is 17.8. The van der Waals surface area contributed by atoms with E-state index in [1.165, 1.54) is 11.1 Å². The van der Waals surface area contributed by atoms with Crippen LogP contribution in [0.15, 0.2) is 59.0 Å². The Hall–Kier alpha value is -2.69. The quantitative estimate of drug-likeness (QED) is 0.686. The van der Waals surface area contributed by atoms with Crippen LogP contribution in [-0.2, 0) is 0 Å². The lowest BCUT2D eigenvalue weighted by Crippen LogP contribution is -2.36. The van der Waals surface area contributed by atoms with Gasteiger partial charge in [-0.3, -0.25) is 9.98 Å². The summed E-state index contributed by atoms with van der Waals surface area (Å²) in [5, 5.41) is 0. The van der Waals surface area contributed by atoms with Crippen LogP contribution in [0.1, 0.15) is 37.4 Å². The third-order valence-electron chi connectivity index (χ3n) is 4.65. The summed E-state index contributed by atoms with van der Waals surface area (Å²) in [6.07, 6.45) is 6.49. The summed E-state index contributed by atoms with van der Waals surface area (Å²) in [6.45, 7) is 7.94. The van der Waals surface area contributed by atoms with Crippen LogP contribution in [-0.4, -0.2) is 28.9 Å². The van der Waals surface area contributed by atoms with E-state index < -0.39 is 0 Å². The molecule has 0 aromatic carbocycles. The SMILES string of the molecule is CC1=C(C(N)=NC(C)c2cccnc2)CN(c2ccc(C)cn2)CC1. The predicted molar refractivity (Wildman–Crippen MR) is 103 cm³/mol. The average Bonchev–Trinajstić information content (AvgIpc) is 2.63. The van der Waals surface area contributed by atoms with Crippen LogP contribution in [0.4, 0.5) is 5.82 Å². The van der Waals surface area contributed by atoms with Crippen molar-refractivity contribution in [2.45, 2.75) is 33.2 Å². The summed E-state index contributed by atoms with van der Waals surface area (Å²) in [6, 6.07) is 8.10. The Morgan fingerprint density at radius 3 is 2.76 bits per heavy atom. The molecule has 0 spiro atoms. The van der Waals surface area contributed by atoms with Crippen molar-refractivity contribution in [3.63, 3.8) is 0 Å². The van der Waals surface area contributed by atoms with Gasteiger partial charge in [-0.05, 0) is 50.5 Å². The molecule has 0 saturated heterocycles. The van der Waals surface area contributed by atoms with Gasteiger partial charge in [0, 0.05) is 37.3 Å². The summed E-state index contributed by atoms with van der Waals surface area (Å²) >= 11 is 0. The minimum atomic E-state index is -0.0122. The van der Waals surface area contributed by atoms with Gasteiger partial charge >= 0.3 is 0 Å². The molecular weight excluding hydrogens is 310 g/mol. The highest BCUT2D eigenvalue weighted by atomic mass is 15.2. The van der Waals surface area contributed by atoms with Crippen LogP contribution < -0.4 is 10.6 Å². The third kappa shape index (κ3) is 4.05. The van der Waals surface area contributed by atoms with Crippen LogP contribution in [0.3, 0.4) is 0 Å². The number of amidine groups is 1. The molecule has 0 radical (unpaired) electrons. The normalized spacial score (nSPS) is 16.9. The van der Waals surface area contributed by atoms with Gasteiger partial charge in [-0.2, -0.15) is 0 Å². The molecule has 1 atom stereocenters. The molecule has 5 nitrogen and oxygen atoms in total. The molecule has 2 aromatic heterocycles. The van der Waals surface area contributed by atoms with E-state index in [1.54, 1.807) is 6.20 Å². The Kier molecular flexibility index (Phi) is 5.12. The van der Waals surface area contributed by atoms with Crippen molar-refractivity contribution in [2.75, 3.05) is 18.0 Å². The molecular formula is C20H25N5. The molecule has 5 heteroatoms. The molecule has 2 N–H and O–H groups in total. The summed E-state index contributed by atoms with van der Waals surface area (Å²) in [5.41, 5.74) is 11.0. The van der Waals surface area contributed by atoms with Crippen molar-refractivity contribution in [1.29, 1.82) is 0 Å². The largest absolute Gasteiger partial charge is 0.384 e. The van der Waals surface area contributed by atoms with Crippen molar-refractivity contribution in [1.82, 2.24) is 9.97 Å². The van der Waals surface area contributed by atoms with Gasteiger partial charge < -0.3 is 10.6 Å². The van der Waals surface area contributed by atoms with Gasteiger partial charge in [0.05, 0.1) is 6.04 Å². The summed E-state index contributed by atoms with van der Waals surface area (Å²) in [5.74, 6) is 1.61. The zero-order valence-electron chi connectivity index (χ0n) is 15.1. The Balaban J connectivity index is 1.80. The topological polar surface area (TPSA) is 67.4 Å². The van der Waals surface area contributed by atoms with E-state index >= 15 is 0 Å². The second-order valence-corrected chi connectivity index (χ2v) is 6.60. The van der Waals surface area contributed by atoms with Gasteiger partial charge in [0.1, 0.15) is 11.7 Å². The molecule has 130 valence electrons. The number of nitrogens with two attached hydrogens (primary N) is 1. The van der Waals surface area contributed by atoms with Crippen LogP contribution in [0.2, 0.25) is 0 Å². The number of anilines is 1. The minimum Gasteiger partial charge on any atom is -0.384 e. The standard InChI is InChI=1S/C20H25N5/c1-14-6-7-19(23-11-14)25-10-8-15(2)18(13-25)20(21)24-16(3)17-5-4-9-22-12-17/h4-7,9,11-12,16H,8,10,13H2,1-3H3,(H2,21,24). The van der Waals surface area contributed by atoms with Gasteiger partial charge in [-0.25, -0.2) is 4.98 Å². The van der Waals surface area contributed by atoms with E-state index in [-0.39, 0.29) is 6.04 Å². The first-order valence-corrected chi connectivity index (χ1v) is 8.64. The fourth-order valence-electron chi connectivity index (χ4n) is 2.98. The van der Waals surface area contributed by atoms with Crippen molar-refractivity contribution in [2.24, 2.45) is 10.7 Å². The second kappa shape index (κ2) is 7.47. The highest BCUT2D eigenvalue weighted by Gasteiger charge is 2.20. The molecule has 0 saturated carbocycles. The van der Waals surface area contributed by atoms with Crippen molar-refractivity contribution < 1.29 is 0 Å². The van der Waals surface area contributed by atoms with Crippen LogP contribution in [0.25, 0.3) is 0 Å². The minimum absolute atomic E-state index is 0.0122. The van der Waals surface area contributed by atoms with Crippen LogP contribution >= 0.6 is 0 Å². The van der Waals surface area contributed by atoms with E-state index in [0.29, 0.717) is 5.84 Å². The fraction of sp³-hybridized carbons (Fsp3) is 0.350. The monoisotopic (exact) mass is 335 g/mol. The lowest BCUT2D eigenvalue weighted by atomic mass is 10.00. The maximum atomic E-state index is 6.37. The first kappa shape index (κ1) is 17.1. The maximum absolute atomic E-state index is 6.37. The lowest BCUT2D eigenvalue weighted by molar-refractivity contribution is 0.755. The predicted octanol–water partition coefficient (Wildman–Crippen LogP) is 3.43. The van der Waals surface area contributed by atoms with E-state index in [0.717, 1.165) is 36.5 Å². The molecule has 2 aromatic rings. The molecule has 1 aliphatic heterocycles. The highest BCUT2D eigenvalue weighted by Crippen LogP contribution is 2.24. The molecule has 3 rings (SSSR count). The lowest BCUT2D eigenvalue weighted by Gasteiger charge is -2.31. The molecule has 3 heterocycles. The molecule has 0 amide bonds. The van der Waals surface area contributed by atoms with Crippen molar-refractivity contribution in [3.05, 3.63) is 65.1 Å². The van der Waals surface area contributed by atoms with Crippen LogP contribution in [0, 0.1) is 6.92 Å². The van der Waals surface area contributed by atoms with Gasteiger partial charge in [-0.15, -0.1) is 0 Å². The number of hydrogen-bond donors (Lipinski definition) is 1. The molecule has 0 bridgehead atoms. The van der Waals surface area contributed by atoms with Crippen molar-refractivity contribution in [3.8, 4) is 0 Å². The molecule has 1 unspecified atom stereocenters. The first-order valence-electron chi connectivity index (χ1n) is 8.64. The van der Waals surface area contributed by atoms with Gasteiger partial charge in [0.15, 0.2) is 0 Å². The second-order valence-electron chi connectivity index (χ2n) is 6.60. The maximum Gasteiger partial charge on any atom is 0.128 e. The van der Waals surface area contributed by atoms with E-state index in [1.807, 2.05) is 38.4 Å². The fourth-order valence-corrected chi connectivity index (χ4v) is 2.98. The Bertz CT molecular complexity index is 777. The Labute approximate surface area is 149 Å². The Morgan fingerprint density at radius 2 is 2.08 bits per heavy atom. The molecule has 0 fully saturated rings. The first-order chi connectivity index (χ1) is 12.0. The number of hydrogen-bond acceptors (Lipinski definition) is 4. The van der Waals surface area contributed by atoms with Gasteiger partial charge in [0.2, 0.25) is 0 Å². The van der Waals surface area contributed by atoms with E-state index in [9.17, 15) is 0 Å². The van der Waals surface area contributed by atoms with E-state index in [2.05, 4.69) is 33.9 Å². The smallest absolute Gasteiger partial charge is 0.128 e. The van der Waals surface area contributed by atoms with Gasteiger partial charge in [0.25, 0.3) is 0 Å². The number of nitrogens with zero attached hydrogens (tertiary/aromatic N) is 4. The average molecular weight is 335 g/mol. The number of aliphatic imine (C=N–C) groups is 1. The number of rotatable bonds is 4. The summed E-state index contributed by atoms with van der Waals surface area (Å²) in [4.78, 5) is 15.7. The number of pyridine rings is 2. The van der Waals surface area contributed by atoms with Crippen LogP contribution in [0.5, 0.6) is 0 Å². The van der Waals surface area contributed by atoms with Crippen molar-refractivity contribution >= 4 is 11.7 Å². The zero-order valence-corrected chi connectivity index (χ0v) is 15.1.